The Morgan fingerprint density at radius 3 is 2.35 bits per heavy atom. The number of aromatic nitrogens is 2. The van der Waals surface area contributed by atoms with Crippen molar-refractivity contribution in [1.29, 1.82) is 0 Å². The number of halogens is 1. The molecule has 4 nitrogen and oxygen atoms in total. The van der Waals surface area contributed by atoms with Crippen LogP contribution in [0.2, 0.25) is 0 Å². The number of thiazole rings is 2. The Balaban J connectivity index is 1.71. The summed E-state index contributed by atoms with van der Waals surface area (Å²) in [5, 5.41) is 4.51. The Labute approximate surface area is 139 Å². The van der Waals surface area contributed by atoms with E-state index < -0.39 is 0 Å². The zero-order valence-electron chi connectivity index (χ0n) is 12.2. The maximum Gasteiger partial charge on any atom is 0.190 e. The van der Waals surface area contributed by atoms with Gasteiger partial charge < -0.3 is 10.1 Å². The molecule has 0 amide bonds. The van der Waals surface area contributed by atoms with Gasteiger partial charge in [0.25, 0.3) is 0 Å². The number of nitrogens with one attached hydrogen (secondary N) is 1. The molecule has 0 saturated carbocycles. The number of anilines is 2. The third-order valence-corrected chi connectivity index (χ3v) is 5.14. The molecule has 4 aromatic rings. The molecule has 116 valence electrons. The van der Waals surface area contributed by atoms with Crippen molar-refractivity contribution in [2.75, 3.05) is 11.9 Å². The average molecular weight is 345 g/mol. The van der Waals surface area contributed by atoms with Crippen molar-refractivity contribution in [3.05, 3.63) is 42.2 Å². The van der Waals surface area contributed by atoms with Gasteiger partial charge >= 0.3 is 0 Å². The minimum Gasteiger partial charge on any atom is -0.492 e. The molecular formula is C16H12FN3OS2. The standard InChI is InChI=1S/C16H12FN3OS2/c1-2-21-10-6-4-8-12-14(10)19-16(23-12)20-15-18-13-9(17)5-3-7-11(13)22-15/h3-8H,2H2,1H3,(H,18,19,20). The molecule has 2 aromatic carbocycles. The van der Waals surface area contributed by atoms with Crippen molar-refractivity contribution in [1.82, 2.24) is 9.97 Å². The van der Waals surface area contributed by atoms with Gasteiger partial charge in [0.1, 0.15) is 22.6 Å². The lowest BCUT2D eigenvalue weighted by Gasteiger charge is -2.01. The van der Waals surface area contributed by atoms with E-state index in [1.54, 1.807) is 6.07 Å². The predicted octanol–water partition coefficient (Wildman–Crippen LogP) is 5.19. The summed E-state index contributed by atoms with van der Waals surface area (Å²) >= 11 is 2.92. The highest BCUT2D eigenvalue weighted by Crippen LogP contribution is 2.35. The molecular weight excluding hydrogens is 333 g/mol. The number of para-hydroxylation sites is 2. The molecule has 0 unspecified atom stereocenters. The molecule has 0 atom stereocenters. The van der Waals surface area contributed by atoms with Gasteiger partial charge in [-0.3, -0.25) is 0 Å². The Kier molecular flexibility index (Phi) is 3.59. The summed E-state index contributed by atoms with van der Waals surface area (Å²) in [4.78, 5) is 8.88. The Hall–Kier alpha value is -2.25. The molecule has 2 heterocycles. The van der Waals surface area contributed by atoms with Crippen LogP contribution in [-0.4, -0.2) is 16.6 Å². The second kappa shape index (κ2) is 5.75. The molecule has 23 heavy (non-hydrogen) atoms. The largest absolute Gasteiger partial charge is 0.492 e. The van der Waals surface area contributed by atoms with Crippen LogP contribution in [-0.2, 0) is 0 Å². The second-order valence-corrected chi connectivity index (χ2v) is 6.85. The van der Waals surface area contributed by atoms with E-state index in [0.29, 0.717) is 22.4 Å². The third-order valence-electron chi connectivity index (χ3n) is 3.27. The first kappa shape index (κ1) is 14.3. The number of ether oxygens (including phenoxy) is 1. The number of nitrogens with zero attached hydrogens (tertiary/aromatic N) is 2. The summed E-state index contributed by atoms with van der Waals surface area (Å²) in [6.45, 7) is 2.54. The molecule has 0 bridgehead atoms. The maximum absolute atomic E-state index is 13.7. The first-order valence-corrected chi connectivity index (χ1v) is 8.72. The fraction of sp³-hybridized carbons (Fsp3) is 0.125. The summed E-state index contributed by atoms with van der Waals surface area (Å²) in [6.07, 6.45) is 0. The third kappa shape index (κ3) is 2.62. The van der Waals surface area contributed by atoms with Crippen LogP contribution in [0.4, 0.5) is 14.7 Å². The zero-order chi connectivity index (χ0) is 15.8. The lowest BCUT2D eigenvalue weighted by atomic mass is 10.3. The van der Waals surface area contributed by atoms with E-state index in [9.17, 15) is 4.39 Å². The van der Waals surface area contributed by atoms with Gasteiger partial charge in [-0.2, -0.15) is 0 Å². The molecule has 2 aromatic heterocycles. The van der Waals surface area contributed by atoms with Crippen LogP contribution in [0.5, 0.6) is 5.75 Å². The molecule has 0 saturated heterocycles. The summed E-state index contributed by atoms with van der Waals surface area (Å²) < 4.78 is 21.2. The highest BCUT2D eigenvalue weighted by molar-refractivity contribution is 7.24. The van der Waals surface area contributed by atoms with Crippen LogP contribution in [0.15, 0.2) is 36.4 Å². The van der Waals surface area contributed by atoms with E-state index in [2.05, 4.69) is 15.3 Å². The maximum atomic E-state index is 13.7. The van der Waals surface area contributed by atoms with Crippen molar-refractivity contribution in [2.45, 2.75) is 6.92 Å². The number of hydrogen-bond donors (Lipinski definition) is 1. The van der Waals surface area contributed by atoms with E-state index in [4.69, 9.17) is 4.74 Å². The predicted molar refractivity (Wildman–Crippen MR) is 93.6 cm³/mol. The van der Waals surface area contributed by atoms with Gasteiger partial charge in [0.2, 0.25) is 0 Å². The Morgan fingerprint density at radius 1 is 1.00 bits per heavy atom. The molecule has 0 fully saturated rings. The van der Waals surface area contributed by atoms with Gasteiger partial charge in [-0.1, -0.05) is 34.8 Å². The average Bonchev–Trinajstić information content (AvgIpc) is 3.12. The zero-order valence-corrected chi connectivity index (χ0v) is 13.8. The summed E-state index contributed by atoms with van der Waals surface area (Å²) in [6, 6.07) is 10.8. The van der Waals surface area contributed by atoms with Crippen molar-refractivity contribution < 1.29 is 9.13 Å². The molecule has 0 radical (unpaired) electrons. The van der Waals surface area contributed by atoms with Crippen LogP contribution in [0.25, 0.3) is 20.4 Å². The lowest BCUT2D eigenvalue weighted by Crippen LogP contribution is -1.92. The SMILES string of the molecule is CCOc1cccc2sc(Nc3nc4c(F)cccc4s3)nc12. The van der Waals surface area contributed by atoms with Crippen molar-refractivity contribution in [3.63, 3.8) is 0 Å². The van der Waals surface area contributed by atoms with Crippen LogP contribution in [0, 0.1) is 5.82 Å². The molecule has 0 aliphatic carbocycles. The van der Waals surface area contributed by atoms with E-state index in [1.807, 2.05) is 31.2 Å². The first-order valence-electron chi connectivity index (χ1n) is 7.09. The van der Waals surface area contributed by atoms with Crippen molar-refractivity contribution in [2.24, 2.45) is 0 Å². The van der Waals surface area contributed by atoms with E-state index in [-0.39, 0.29) is 5.82 Å². The van der Waals surface area contributed by atoms with Crippen LogP contribution in [0.3, 0.4) is 0 Å². The van der Waals surface area contributed by atoms with Gasteiger partial charge in [-0.25, -0.2) is 14.4 Å². The minimum absolute atomic E-state index is 0.310. The van der Waals surface area contributed by atoms with Crippen LogP contribution >= 0.6 is 22.7 Å². The fourth-order valence-corrected chi connectivity index (χ4v) is 4.14. The molecule has 1 N–H and O–H groups in total. The second-order valence-electron chi connectivity index (χ2n) is 4.79. The van der Waals surface area contributed by atoms with Crippen molar-refractivity contribution in [3.8, 4) is 5.75 Å². The quantitative estimate of drug-likeness (QED) is 0.553. The number of fused-ring (bicyclic) bond motifs is 2. The Morgan fingerprint density at radius 2 is 1.65 bits per heavy atom. The van der Waals surface area contributed by atoms with Crippen LogP contribution in [0.1, 0.15) is 6.92 Å². The van der Waals surface area contributed by atoms with Gasteiger partial charge in [-0.05, 0) is 31.2 Å². The fourth-order valence-electron chi connectivity index (χ4n) is 2.31. The highest BCUT2D eigenvalue weighted by Gasteiger charge is 2.12. The normalized spacial score (nSPS) is 11.2. The monoisotopic (exact) mass is 345 g/mol. The molecule has 0 aliphatic heterocycles. The summed E-state index contributed by atoms with van der Waals surface area (Å²) in [7, 11) is 0. The van der Waals surface area contributed by atoms with Crippen molar-refractivity contribution >= 4 is 53.4 Å². The van der Waals surface area contributed by atoms with Gasteiger partial charge in [0.15, 0.2) is 10.3 Å². The number of benzene rings is 2. The first-order chi connectivity index (χ1) is 11.2. The van der Waals surface area contributed by atoms with Gasteiger partial charge in [0, 0.05) is 0 Å². The van der Waals surface area contributed by atoms with Gasteiger partial charge in [-0.15, -0.1) is 0 Å². The molecule has 4 rings (SSSR count). The topological polar surface area (TPSA) is 47.0 Å². The highest BCUT2D eigenvalue weighted by atomic mass is 32.1. The molecule has 0 spiro atoms. The number of rotatable bonds is 4. The van der Waals surface area contributed by atoms with Gasteiger partial charge in [0.05, 0.1) is 16.0 Å². The Bertz CT molecular complexity index is 995. The molecule has 7 heteroatoms. The number of hydrogen-bond acceptors (Lipinski definition) is 6. The summed E-state index contributed by atoms with van der Waals surface area (Å²) in [5.74, 6) is 0.458. The lowest BCUT2D eigenvalue weighted by molar-refractivity contribution is 0.344. The van der Waals surface area contributed by atoms with E-state index >= 15 is 0 Å². The summed E-state index contributed by atoms with van der Waals surface area (Å²) in [5.41, 5.74) is 1.21. The smallest absolute Gasteiger partial charge is 0.190 e. The van der Waals surface area contributed by atoms with E-state index in [1.165, 1.54) is 28.7 Å². The van der Waals surface area contributed by atoms with E-state index in [0.717, 1.165) is 20.7 Å². The molecule has 0 aliphatic rings. The van der Waals surface area contributed by atoms with Crippen LogP contribution < -0.4 is 10.1 Å². The minimum atomic E-state index is -0.310.